The van der Waals surface area contributed by atoms with Crippen LogP contribution in [0, 0.1) is 22.5 Å². The molecular formula is C18H29ClN4O4. The largest absolute Gasteiger partial charge is 0.384 e. The molecule has 0 aliphatic carbocycles. The Bertz CT molecular complexity index is 630. The van der Waals surface area contributed by atoms with Gasteiger partial charge in [-0.15, -0.1) is 12.4 Å². The first kappa shape index (κ1) is 23.1. The summed E-state index contributed by atoms with van der Waals surface area (Å²) in [4.78, 5) is 23.3. The van der Waals surface area contributed by atoms with Gasteiger partial charge in [0, 0.05) is 26.3 Å². The lowest BCUT2D eigenvalue weighted by Crippen LogP contribution is -2.50. The van der Waals surface area contributed by atoms with Gasteiger partial charge in [-0.2, -0.15) is 0 Å². The maximum Gasteiger partial charge on any atom is 0.292 e. The molecule has 0 saturated carbocycles. The van der Waals surface area contributed by atoms with Crippen molar-refractivity contribution in [3.8, 4) is 0 Å². The molecule has 27 heavy (non-hydrogen) atoms. The molecule has 1 aromatic rings. The number of rotatable bonds is 9. The van der Waals surface area contributed by atoms with Crippen LogP contribution in [0.5, 0.6) is 0 Å². The van der Waals surface area contributed by atoms with Crippen molar-refractivity contribution in [2.24, 2.45) is 5.41 Å². The van der Waals surface area contributed by atoms with Crippen molar-refractivity contribution in [1.29, 1.82) is 0 Å². The fraction of sp³-hybridized carbons (Fsp3) is 0.611. The van der Waals surface area contributed by atoms with E-state index in [1.165, 1.54) is 0 Å². The van der Waals surface area contributed by atoms with Crippen LogP contribution >= 0.6 is 12.4 Å². The van der Waals surface area contributed by atoms with Gasteiger partial charge in [0.25, 0.3) is 5.69 Å². The zero-order valence-electron chi connectivity index (χ0n) is 15.9. The Labute approximate surface area is 166 Å². The molecule has 2 rings (SSSR count). The average molecular weight is 401 g/mol. The van der Waals surface area contributed by atoms with Crippen LogP contribution in [0.1, 0.15) is 24.8 Å². The van der Waals surface area contributed by atoms with Crippen molar-refractivity contribution in [3.63, 3.8) is 0 Å². The number of nitrogens with zero attached hydrogens (tertiary/aromatic N) is 1. The fourth-order valence-electron chi connectivity index (χ4n) is 3.26. The normalized spacial score (nSPS) is 15.5. The van der Waals surface area contributed by atoms with E-state index in [4.69, 9.17) is 4.74 Å². The molecule has 9 heteroatoms. The van der Waals surface area contributed by atoms with Crippen molar-refractivity contribution < 1.29 is 14.5 Å². The first-order valence-electron chi connectivity index (χ1n) is 8.95. The number of amides is 1. The molecule has 1 aromatic carbocycles. The Morgan fingerprint density at radius 2 is 2.04 bits per heavy atom. The summed E-state index contributed by atoms with van der Waals surface area (Å²) < 4.78 is 5.27. The number of halogens is 1. The molecule has 1 saturated heterocycles. The van der Waals surface area contributed by atoms with Gasteiger partial charge in [-0.3, -0.25) is 14.9 Å². The number of carbonyl (C=O) groups is 1. The number of nitrogens with one attached hydrogen (secondary N) is 3. The van der Waals surface area contributed by atoms with Crippen LogP contribution in [0.4, 0.5) is 11.4 Å². The molecule has 1 fully saturated rings. The van der Waals surface area contributed by atoms with Crippen molar-refractivity contribution >= 4 is 29.7 Å². The van der Waals surface area contributed by atoms with Gasteiger partial charge in [-0.1, -0.05) is 6.07 Å². The molecule has 152 valence electrons. The standard InChI is InChI=1S/C18H28N4O4.ClH/c1-14-4-5-15(16(12-14)22(24)25)20-8-3-9-21-17(23)18(13-26-2)6-10-19-11-7-18;/h4-5,12,19-20H,3,6-11,13H2,1-2H3,(H,21,23);1H. The van der Waals surface area contributed by atoms with Gasteiger partial charge >= 0.3 is 0 Å². The van der Waals surface area contributed by atoms with Gasteiger partial charge in [0.05, 0.1) is 16.9 Å². The van der Waals surface area contributed by atoms with Crippen LogP contribution in [0.3, 0.4) is 0 Å². The van der Waals surface area contributed by atoms with E-state index in [0.29, 0.717) is 31.8 Å². The topological polar surface area (TPSA) is 106 Å². The number of ether oxygens (including phenoxy) is 1. The Morgan fingerprint density at radius 1 is 1.33 bits per heavy atom. The second-order valence-electron chi connectivity index (χ2n) is 6.78. The number of nitro benzene ring substituents is 1. The Kier molecular flexibility index (Phi) is 9.48. The molecule has 1 amide bonds. The monoisotopic (exact) mass is 400 g/mol. The van der Waals surface area contributed by atoms with E-state index in [2.05, 4.69) is 16.0 Å². The minimum Gasteiger partial charge on any atom is -0.384 e. The fourth-order valence-corrected chi connectivity index (χ4v) is 3.26. The number of hydrogen-bond donors (Lipinski definition) is 3. The minimum atomic E-state index is -0.455. The lowest BCUT2D eigenvalue weighted by Gasteiger charge is -2.35. The maximum atomic E-state index is 12.6. The lowest BCUT2D eigenvalue weighted by molar-refractivity contribution is -0.384. The lowest BCUT2D eigenvalue weighted by atomic mass is 9.78. The van der Waals surface area contributed by atoms with Gasteiger partial charge in [-0.25, -0.2) is 0 Å². The molecule has 0 spiro atoms. The second kappa shape index (κ2) is 11.1. The zero-order valence-corrected chi connectivity index (χ0v) is 16.7. The third-order valence-electron chi connectivity index (χ3n) is 4.77. The Hall–Kier alpha value is -1.90. The van der Waals surface area contributed by atoms with Crippen LogP contribution in [-0.4, -0.2) is 50.7 Å². The molecule has 3 N–H and O–H groups in total. The summed E-state index contributed by atoms with van der Waals surface area (Å²) in [5.41, 5.74) is 0.965. The first-order chi connectivity index (χ1) is 12.5. The highest BCUT2D eigenvalue weighted by Gasteiger charge is 2.39. The number of carbonyl (C=O) groups excluding carboxylic acids is 1. The number of methoxy groups -OCH3 is 1. The van der Waals surface area contributed by atoms with E-state index in [1.807, 2.05) is 13.0 Å². The highest BCUT2D eigenvalue weighted by atomic mass is 35.5. The summed E-state index contributed by atoms with van der Waals surface area (Å²) in [7, 11) is 1.62. The quantitative estimate of drug-likeness (QED) is 0.333. The molecule has 1 aliphatic rings. The number of hydrogen-bond acceptors (Lipinski definition) is 6. The van der Waals surface area contributed by atoms with Crippen LogP contribution in [0.25, 0.3) is 0 Å². The smallest absolute Gasteiger partial charge is 0.292 e. The molecule has 8 nitrogen and oxygen atoms in total. The minimum absolute atomic E-state index is 0. The summed E-state index contributed by atoms with van der Waals surface area (Å²) in [6.07, 6.45) is 2.21. The molecule has 0 bridgehead atoms. The predicted molar refractivity (Wildman–Crippen MR) is 108 cm³/mol. The molecule has 0 aromatic heterocycles. The van der Waals surface area contributed by atoms with Crippen molar-refractivity contribution in [2.75, 3.05) is 45.2 Å². The molecule has 0 atom stereocenters. The van der Waals surface area contributed by atoms with E-state index in [0.717, 1.165) is 31.5 Å². The van der Waals surface area contributed by atoms with E-state index in [9.17, 15) is 14.9 Å². The van der Waals surface area contributed by atoms with E-state index in [-0.39, 0.29) is 28.9 Å². The van der Waals surface area contributed by atoms with Gasteiger partial charge in [0.15, 0.2) is 0 Å². The van der Waals surface area contributed by atoms with Crippen molar-refractivity contribution in [3.05, 3.63) is 33.9 Å². The van der Waals surface area contributed by atoms with Crippen molar-refractivity contribution in [2.45, 2.75) is 26.2 Å². The van der Waals surface area contributed by atoms with Crippen LogP contribution < -0.4 is 16.0 Å². The van der Waals surface area contributed by atoms with Crippen molar-refractivity contribution in [1.82, 2.24) is 10.6 Å². The van der Waals surface area contributed by atoms with Gasteiger partial charge < -0.3 is 20.7 Å². The summed E-state index contributed by atoms with van der Waals surface area (Å²) in [5, 5.41) is 20.5. The van der Waals surface area contributed by atoms with Gasteiger partial charge in [0.1, 0.15) is 5.69 Å². The Morgan fingerprint density at radius 3 is 2.67 bits per heavy atom. The van der Waals surface area contributed by atoms with Gasteiger partial charge in [-0.05, 0) is 50.9 Å². The van der Waals surface area contributed by atoms with Crippen LogP contribution in [-0.2, 0) is 9.53 Å². The summed E-state index contributed by atoms with van der Waals surface area (Å²) >= 11 is 0. The maximum absolute atomic E-state index is 12.6. The second-order valence-corrected chi connectivity index (χ2v) is 6.78. The predicted octanol–water partition coefficient (Wildman–Crippen LogP) is 2.26. The van der Waals surface area contributed by atoms with Gasteiger partial charge in [0.2, 0.25) is 5.91 Å². The SMILES string of the molecule is COCC1(C(=O)NCCCNc2ccc(C)cc2[N+](=O)[O-])CCNCC1.Cl. The zero-order chi connectivity index (χ0) is 19.0. The number of anilines is 1. The molecular weight excluding hydrogens is 372 g/mol. The molecule has 0 unspecified atom stereocenters. The van der Waals surface area contributed by atoms with Crippen LogP contribution in [0.2, 0.25) is 0 Å². The average Bonchev–Trinajstić information content (AvgIpc) is 2.63. The highest BCUT2D eigenvalue weighted by molar-refractivity contribution is 5.85. The molecule has 1 heterocycles. The van der Waals surface area contributed by atoms with E-state index >= 15 is 0 Å². The summed E-state index contributed by atoms with van der Waals surface area (Å²) in [5.74, 6) is 0.0298. The van der Waals surface area contributed by atoms with E-state index in [1.54, 1.807) is 19.2 Å². The first-order valence-corrected chi connectivity index (χ1v) is 8.95. The Balaban J connectivity index is 0.00000364. The number of piperidine rings is 1. The number of aryl methyl sites for hydroxylation is 1. The third kappa shape index (κ3) is 6.34. The van der Waals surface area contributed by atoms with Crippen LogP contribution in [0.15, 0.2) is 18.2 Å². The third-order valence-corrected chi connectivity index (χ3v) is 4.77. The number of nitro groups is 1. The summed E-state index contributed by atoms with van der Waals surface area (Å²) in [6.45, 7) is 4.94. The number of benzene rings is 1. The molecule has 0 radical (unpaired) electrons. The van der Waals surface area contributed by atoms with E-state index < -0.39 is 5.41 Å². The summed E-state index contributed by atoms with van der Waals surface area (Å²) in [6, 6.07) is 5.10. The highest BCUT2D eigenvalue weighted by Crippen LogP contribution is 2.29. The molecule has 1 aliphatic heterocycles.